The first-order valence-corrected chi connectivity index (χ1v) is 6.17. The summed E-state index contributed by atoms with van der Waals surface area (Å²) in [7, 11) is -3.76. The smallest absolute Gasteiger partial charge is 0.307 e. The molecule has 2 N–H and O–H groups in total. The molecule has 0 aromatic heterocycles. The number of amides is 1. The van der Waals surface area contributed by atoms with Gasteiger partial charge >= 0.3 is 5.97 Å². The predicted octanol–water partition coefficient (Wildman–Crippen LogP) is -1.24. The highest BCUT2D eigenvalue weighted by Crippen LogP contribution is 2.02. The van der Waals surface area contributed by atoms with Crippen LogP contribution < -0.4 is 5.32 Å². The van der Waals surface area contributed by atoms with Gasteiger partial charge in [-0.15, -0.1) is 0 Å². The van der Waals surface area contributed by atoms with E-state index in [1.165, 1.54) is 6.92 Å². The van der Waals surface area contributed by atoms with Gasteiger partial charge in [0.05, 0.1) is 17.7 Å². The number of nitriles is 1. The Morgan fingerprint density at radius 1 is 1.50 bits per heavy atom. The summed E-state index contributed by atoms with van der Waals surface area (Å²) in [6, 6.07) is 1.62. The van der Waals surface area contributed by atoms with E-state index in [-0.39, 0.29) is 6.54 Å². The molecule has 8 heteroatoms. The number of nitrogens with zero attached hydrogens (tertiary/aromatic N) is 1. The van der Waals surface area contributed by atoms with Crippen LogP contribution in [-0.2, 0) is 19.4 Å². The number of nitrogens with one attached hydrogen (secondary N) is 1. The first kappa shape index (κ1) is 14.4. The van der Waals surface area contributed by atoms with E-state index in [4.69, 9.17) is 10.4 Å². The molecule has 16 heavy (non-hydrogen) atoms. The minimum atomic E-state index is -3.76. The Labute approximate surface area is 93.0 Å². The fraction of sp³-hybridized carbons (Fsp3) is 0.625. The number of carboxylic acid groups (broad SMARTS) is 1. The van der Waals surface area contributed by atoms with E-state index in [9.17, 15) is 18.0 Å². The second-order valence-electron chi connectivity index (χ2n) is 3.23. The molecule has 0 saturated carbocycles. The second-order valence-corrected chi connectivity index (χ2v) is 5.34. The maximum atomic E-state index is 11.3. The monoisotopic (exact) mass is 248 g/mol. The Bertz CT molecular complexity index is 409. The molecule has 0 aliphatic carbocycles. The van der Waals surface area contributed by atoms with Crippen LogP contribution in [-0.4, -0.2) is 43.5 Å². The normalized spacial score (nSPS) is 12.5. The van der Waals surface area contributed by atoms with Crippen molar-refractivity contribution in [2.45, 2.75) is 6.92 Å². The highest BCUT2D eigenvalue weighted by molar-refractivity contribution is 7.92. The number of hydrogen-bond acceptors (Lipinski definition) is 5. The quantitative estimate of drug-likeness (QED) is 0.566. The number of sulfone groups is 1. The molecule has 90 valence electrons. The molecule has 0 rings (SSSR count). The zero-order valence-electron chi connectivity index (χ0n) is 8.63. The van der Waals surface area contributed by atoms with Gasteiger partial charge in [0.2, 0.25) is 5.91 Å². The number of carbonyl (C=O) groups excluding carboxylic acids is 1. The van der Waals surface area contributed by atoms with E-state index < -0.39 is 39.1 Å². The van der Waals surface area contributed by atoms with Crippen molar-refractivity contribution in [3.05, 3.63) is 0 Å². The Hall–Kier alpha value is -1.62. The molecular formula is C8H12N2O5S. The Kier molecular flexibility index (Phi) is 5.46. The number of aliphatic carboxylic acids is 1. The van der Waals surface area contributed by atoms with Crippen LogP contribution in [0.5, 0.6) is 0 Å². The lowest BCUT2D eigenvalue weighted by Crippen LogP contribution is -2.33. The van der Waals surface area contributed by atoms with E-state index in [1.54, 1.807) is 6.07 Å². The van der Waals surface area contributed by atoms with Crippen molar-refractivity contribution < 1.29 is 23.1 Å². The molecule has 0 saturated heterocycles. The van der Waals surface area contributed by atoms with Crippen LogP contribution in [0.4, 0.5) is 0 Å². The van der Waals surface area contributed by atoms with Gasteiger partial charge in [-0.1, -0.05) is 6.92 Å². The van der Waals surface area contributed by atoms with E-state index >= 15 is 0 Å². The Morgan fingerprint density at radius 2 is 2.06 bits per heavy atom. The molecule has 0 spiro atoms. The summed E-state index contributed by atoms with van der Waals surface area (Å²) in [5, 5.41) is 18.7. The van der Waals surface area contributed by atoms with Gasteiger partial charge in [0.1, 0.15) is 12.3 Å². The largest absolute Gasteiger partial charge is 0.481 e. The lowest BCUT2D eigenvalue weighted by atomic mass is 10.2. The van der Waals surface area contributed by atoms with Crippen LogP contribution in [0.1, 0.15) is 6.92 Å². The molecule has 0 aliphatic heterocycles. The van der Waals surface area contributed by atoms with Gasteiger partial charge in [-0.2, -0.15) is 5.26 Å². The summed E-state index contributed by atoms with van der Waals surface area (Å²) in [4.78, 5) is 21.4. The van der Waals surface area contributed by atoms with Crippen molar-refractivity contribution in [1.82, 2.24) is 5.32 Å². The molecule has 0 aromatic rings. The maximum Gasteiger partial charge on any atom is 0.307 e. The minimum Gasteiger partial charge on any atom is -0.481 e. The summed E-state index contributed by atoms with van der Waals surface area (Å²) in [6.45, 7) is 0.968. The molecule has 1 unspecified atom stereocenters. The van der Waals surface area contributed by atoms with Gasteiger partial charge in [0, 0.05) is 0 Å². The fourth-order valence-electron chi connectivity index (χ4n) is 0.900. The van der Waals surface area contributed by atoms with Crippen LogP contribution in [0.2, 0.25) is 0 Å². The third-order valence-electron chi connectivity index (χ3n) is 1.64. The van der Waals surface area contributed by atoms with Crippen molar-refractivity contribution in [3.63, 3.8) is 0 Å². The minimum absolute atomic E-state index is 0.275. The molecule has 7 nitrogen and oxygen atoms in total. The van der Waals surface area contributed by atoms with Crippen molar-refractivity contribution in [3.8, 4) is 6.07 Å². The van der Waals surface area contributed by atoms with E-state index in [0.29, 0.717) is 0 Å². The summed E-state index contributed by atoms with van der Waals surface area (Å²) < 4.78 is 22.6. The van der Waals surface area contributed by atoms with Crippen LogP contribution in [0, 0.1) is 17.2 Å². The predicted molar refractivity (Wildman–Crippen MR) is 54.1 cm³/mol. The first-order chi connectivity index (χ1) is 7.28. The van der Waals surface area contributed by atoms with E-state index in [2.05, 4.69) is 5.32 Å². The molecule has 0 fully saturated rings. The molecule has 1 atom stereocenters. The average molecular weight is 248 g/mol. The number of carboxylic acids is 1. The van der Waals surface area contributed by atoms with Gasteiger partial charge in [-0.05, 0) is 0 Å². The number of rotatable bonds is 6. The summed E-state index contributed by atoms with van der Waals surface area (Å²) in [6.07, 6.45) is 0. The highest BCUT2D eigenvalue weighted by atomic mass is 32.2. The molecule has 1 amide bonds. The van der Waals surface area contributed by atoms with Crippen molar-refractivity contribution in [2.75, 3.05) is 18.1 Å². The van der Waals surface area contributed by atoms with Crippen LogP contribution in [0.3, 0.4) is 0 Å². The molecule has 0 aromatic carbocycles. The second kappa shape index (κ2) is 6.07. The van der Waals surface area contributed by atoms with Crippen molar-refractivity contribution >= 4 is 21.7 Å². The Morgan fingerprint density at radius 3 is 2.50 bits per heavy atom. The zero-order valence-corrected chi connectivity index (χ0v) is 9.45. The molecule has 0 heterocycles. The van der Waals surface area contributed by atoms with Gasteiger partial charge in [0.15, 0.2) is 9.84 Å². The number of carbonyl (C=O) groups is 2. The summed E-state index contributed by atoms with van der Waals surface area (Å²) >= 11 is 0. The molecule has 0 bridgehead atoms. The zero-order chi connectivity index (χ0) is 12.8. The first-order valence-electron chi connectivity index (χ1n) is 4.35. The van der Waals surface area contributed by atoms with E-state index in [1.807, 2.05) is 0 Å². The van der Waals surface area contributed by atoms with Crippen LogP contribution in [0.25, 0.3) is 0 Å². The molecule has 0 radical (unpaired) electrons. The standard InChI is InChI=1S/C8H12N2O5S/c1-6(8(12)13)4-16(14,15)5-7(11)10-3-2-9/h6H,3-5H2,1H3,(H,10,11)(H,12,13). The third kappa shape index (κ3) is 5.98. The Balaban J connectivity index is 4.31. The van der Waals surface area contributed by atoms with Gasteiger partial charge in [-0.25, -0.2) is 8.42 Å². The van der Waals surface area contributed by atoms with E-state index in [0.717, 1.165) is 0 Å². The fourth-order valence-corrected chi connectivity index (χ4v) is 2.42. The number of hydrogen-bond donors (Lipinski definition) is 2. The SMILES string of the molecule is CC(CS(=O)(=O)CC(=O)NCC#N)C(=O)O. The van der Waals surface area contributed by atoms with Gasteiger partial charge in [-0.3, -0.25) is 9.59 Å². The van der Waals surface area contributed by atoms with Crippen LogP contribution >= 0.6 is 0 Å². The highest BCUT2D eigenvalue weighted by Gasteiger charge is 2.23. The van der Waals surface area contributed by atoms with Crippen molar-refractivity contribution in [1.29, 1.82) is 5.26 Å². The lowest BCUT2D eigenvalue weighted by molar-refractivity contribution is -0.140. The third-order valence-corrected chi connectivity index (χ3v) is 3.35. The van der Waals surface area contributed by atoms with Crippen molar-refractivity contribution in [2.24, 2.45) is 5.92 Å². The average Bonchev–Trinajstić information content (AvgIpc) is 2.12. The summed E-state index contributed by atoms with van der Waals surface area (Å²) in [5.41, 5.74) is 0. The summed E-state index contributed by atoms with van der Waals surface area (Å²) in [5.74, 6) is -4.50. The molecular weight excluding hydrogens is 236 g/mol. The maximum absolute atomic E-state index is 11.3. The van der Waals surface area contributed by atoms with Gasteiger partial charge in [0.25, 0.3) is 0 Å². The van der Waals surface area contributed by atoms with Crippen LogP contribution in [0.15, 0.2) is 0 Å². The topological polar surface area (TPSA) is 124 Å². The van der Waals surface area contributed by atoms with Gasteiger partial charge < -0.3 is 10.4 Å². The lowest BCUT2D eigenvalue weighted by Gasteiger charge is -2.07. The molecule has 0 aliphatic rings.